The van der Waals surface area contributed by atoms with Crippen LogP contribution in [0, 0.1) is 0 Å². The Hall–Kier alpha value is -1.93. The van der Waals surface area contributed by atoms with Crippen molar-refractivity contribution < 1.29 is 13.5 Å². The zero-order chi connectivity index (χ0) is 13.2. The lowest BCUT2D eigenvalue weighted by atomic mass is 10.3. The molecule has 1 atom stereocenters. The van der Waals surface area contributed by atoms with Crippen molar-refractivity contribution in [2.75, 3.05) is 0 Å². The number of H-pyrrole nitrogens is 1. The molecule has 8 heteroatoms. The highest BCUT2D eigenvalue weighted by Gasteiger charge is 2.22. The van der Waals surface area contributed by atoms with Crippen LogP contribution < -0.4 is 4.72 Å². The number of hydrogen-bond donors (Lipinski definition) is 3. The van der Waals surface area contributed by atoms with Crippen LogP contribution in [0.5, 0.6) is 5.75 Å². The van der Waals surface area contributed by atoms with Gasteiger partial charge in [0.2, 0.25) is 10.0 Å². The van der Waals surface area contributed by atoms with Crippen LogP contribution >= 0.6 is 0 Å². The minimum atomic E-state index is -3.80. The van der Waals surface area contributed by atoms with E-state index in [1.807, 2.05) is 0 Å². The lowest BCUT2D eigenvalue weighted by Gasteiger charge is -2.12. The number of sulfonamides is 1. The highest BCUT2D eigenvalue weighted by molar-refractivity contribution is 7.89. The number of aromatic amines is 1. The smallest absolute Gasteiger partial charge is 0.244 e. The molecule has 96 valence electrons. The number of benzene rings is 1. The summed E-state index contributed by atoms with van der Waals surface area (Å²) in [5, 5.41) is 15.8. The molecule has 0 spiro atoms. The average molecular weight is 268 g/mol. The fraction of sp³-hybridized carbons (Fsp3) is 0.200. The molecule has 1 heterocycles. The number of aromatic nitrogens is 3. The maximum atomic E-state index is 12.0. The highest BCUT2D eigenvalue weighted by Crippen LogP contribution is 2.22. The molecule has 2 rings (SSSR count). The molecule has 0 aliphatic rings. The Morgan fingerprint density at radius 1 is 1.39 bits per heavy atom. The van der Waals surface area contributed by atoms with Crippen molar-refractivity contribution in [2.24, 2.45) is 0 Å². The molecule has 7 nitrogen and oxygen atoms in total. The summed E-state index contributed by atoms with van der Waals surface area (Å²) in [6, 6.07) is 5.15. The van der Waals surface area contributed by atoms with Crippen molar-refractivity contribution in [3.63, 3.8) is 0 Å². The highest BCUT2D eigenvalue weighted by atomic mass is 32.2. The Kier molecular flexibility index (Phi) is 3.30. The predicted octanol–water partition coefficient (Wildman–Crippen LogP) is 0.550. The second-order valence-electron chi connectivity index (χ2n) is 3.68. The first-order chi connectivity index (χ1) is 8.50. The molecule has 18 heavy (non-hydrogen) atoms. The number of para-hydroxylation sites is 1. The summed E-state index contributed by atoms with van der Waals surface area (Å²) < 4.78 is 26.4. The number of rotatable bonds is 4. The van der Waals surface area contributed by atoms with E-state index in [1.54, 1.807) is 13.0 Å². The van der Waals surface area contributed by atoms with Crippen LogP contribution in [0.4, 0.5) is 0 Å². The van der Waals surface area contributed by atoms with Gasteiger partial charge in [-0.2, -0.15) is 5.10 Å². The molecule has 0 bridgehead atoms. The molecule has 1 unspecified atom stereocenters. The summed E-state index contributed by atoms with van der Waals surface area (Å²) in [6.45, 7) is 1.62. The second-order valence-corrected chi connectivity index (χ2v) is 5.36. The Morgan fingerprint density at radius 2 is 2.11 bits per heavy atom. The maximum Gasteiger partial charge on any atom is 0.244 e. The first-order valence-electron chi connectivity index (χ1n) is 5.16. The monoisotopic (exact) mass is 268 g/mol. The molecule has 0 amide bonds. The SMILES string of the molecule is CC(NS(=O)(=O)c1ccccc1O)c1ncn[nH]1. The van der Waals surface area contributed by atoms with Gasteiger partial charge in [0.1, 0.15) is 22.8 Å². The van der Waals surface area contributed by atoms with E-state index in [4.69, 9.17) is 0 Å². The average Bonchev–Trinajstić information content (AvgIpc) is 2.82. The van der Waals surface area contributed by atoms with Gasteiger partial charge < -0.3 is 5.11 Å². The van der Waals surface area contributed by atoms with Crippen LogP contribution in [0.15, 0.2) is 35.5 Å². The largest absolute Gasteiger partial charge is 0.507 e. The van der Waals surface area contributed by atoms with Crippen LogP contribution in [-0.4, -0.2) is 28.7 Å². The summed E-state index contributed by atoms with van der Waals surface area (Å²) >= 11 is 0. The topological polar surface area (TPSA) is 108 Å². The quantitative estimate of drug-likeness (QED) is 0.750. The van der Waals surface area contributed by atoms with Gasteiger partial charge >= 0.3 is 0 Å². The molecule has 0 fully saturated rings. The van der Waals surface area contributed by atoms with Gasteiger partial charge in [-0.15, -0.1) is 0 Å². The third-order valence-electron chi connectivity index (χ3n) is 2.33. The molecule has 2 aromatic rings. The van der Waals surface area contributed by atoms with E-state index in [1.165, 1.54) is 24.5 Å². The zero-order valence-electron chi connectivity index (χ0n) is 9.53. The summed E-state index contributed by atoms with van der Waals surface area (Å²) in [6.07, 6.45) is 1.29. The van der Waals surface area contributed by atoms with Gasteiger partial charge in [-0.3, -0.25) is 5.10 Å². The Morgan fingerprint density at radius 3 is 2.72 bits per heavy atom. The minimum Gasteiger partial charge on any atom is -0.507 e. The molecular formula is C10H12N4O3S. The zero-order valence-corrected chi connectivity index (χ0v) is 10.3. The van der Waals surface area contributed by atoms with Crippen LogP contribution in [0.1, 0.15) is 18.8 Å². The van der Waals surface area contributed by atoms with E-state index in [0.717, 1.165) is 0 Å². The summed E-state index contributed by atoms with van der Waals surface area (Å²) in [4.78, 5) is 3.69. The number of hydrogen-bond acceptors (Lipinski definition) is 5. The van der Waals surface area contributed by atoms with Gasteiger partial charge in [-0.25, -0.2) is 18.1 Å². The van der Waals surface area contributed by atoms with E-state index < -0.39 is 16.1 Å². The summed E-state index contributed by atoms with van der Waals surface area (Å²) in [5.74, 6) is 0.101. The molecule has 0 saturated heterocycles. The van der Waals surface area contributed by atoms with Crippen molar-refractivity contribution >= 4 is 10.0 Å². The molecule has 0 saturated carbocycles. The van der Waals surface area contributed by atoms with Crippen LogP contribution in [0.25, 0.3) is 0 Å². The Bertz CT molecular complexity index is 624. The maximum absolute atomic E-state index is 12.0. The molecule has 3 N–H and O–H groups in total. The fourth-order valence-electron chi connectivity index (χ4n) is 1.46. The predicted molar refractivity (Wildman–Crippen MR) is 63.2 cm³/mol. The van der Waals surface area contributed by atoms with Crippen molar-refractivity contribution in [3.8, 4) is 5.75 Å². The van der Waals surface area contributed by atoms with E-state index in [2.05, 4.69) is 19.9 Å². The minimum absolute atomic E-state index is 0.170. The van der Waals surface area contributed by atoms with E-state index in [-0.39, 0.29) is 10.6 Å². The van der Waals surface area contributed by atoms with Crippen molar-refractivity contribution in [3.05, 3.63) is 36.4 Å². The normalized spacial score (nSPS) is 13.4. The molecule has 0 aliphatic carbocycles. The lowest BCUT2D eigenvalue weighted by molar-refractivity contribution is 0.457. The molecule has 1 aromatic heterocycles. The van der Waals surface area contributed by atoms with Gasteiger partial charge in [-0.05, 0) is 19.1 Å². The summed E-state index contributed by atoms with van der Waals surface area (Å²) in [7, 11) is -3.80. The van der Waals surface area contributed by atoms with E-state index in [9.17, 15) is 13.5 Å². The van der Waals surface area contributed by atoms with Gasteiger partial charge in [-0.1, -0.05) is 12.1 Å². The first-order valence-corrected chi connectivity index (χ1v) is 6.64. The van der Waals surface area contributed by atoms with Crippen molar-refractivity contribution in [2.45, 2.75) is 17.9 Å². The third-order valence-corrected chi connectivity index (χ3v) is 3.92. The molecule has 0 aliphatic heterocycles. The number of nitrogens with zero attached hydrogens (tertiary/aromatic N) is 2. The molecule has 1 aromatic carbocycles. The summed E-state index contributed by atoms with van der Waals surface area (Å²) in [5.41, 5.74) is 0. The van der Waals surface area contributed by atoms with Gasteiger partial charge in [0.25, 0.3) is 0 Å². The second kappa shape index (κ2) is 4.75. The molecule has 0 radical (unpaired) electrons. The number of nitrogens with one attached hydrogen (secondary N) is 2. The molecular weight excluding hydrogens is 256 g/mol. The van der Waals surface area contributed by atoms with Gasteiger partial charge in [0.05, 0.1) is 6.04 Å². The van der Waals surface area contributed by atoms with Crippen LogP contribution in [0.2, 0.25) is 0 Å². The van der Waals surface area contributed by atoms with Crippen molar-refractivity contribution in [1.82, 2.24) is 19.9 Å². The first kappa shape index (κ1) is 12.5. The standard InChI is InChI=1S/C10H12N4O3S/c1-7(10-11-6-12-13-10)14-18(16,17)9-5-3-2-4-8(9)15/h2-7,14-15H,1H3,(H,11,12,13). The Labute approximate surface area is 104 Å². The third kappa shape index (κ3) is 2.49. The Balaban J connectivity index is 2.26. The fourth-order valence-corrected chi connectivity index (χ4v) is 2.77. The van der Waals surface area contributed by atoms with Crippen LogP contribution in [0.3, 0.4) is 0 Å². The van der Waals surface area contributed by atoms with E-state index in [0.29, 0.717) is 5.82 Å². The van der Waals surface area contributed by atoms with Crippen LogP contribution in [-0.2, 0) is 10.0 Å². The van der Waals surface area contributed by atoms with Crippen molar-refractivity contribution in [1.29, 1.82) is 0 Å². The lowest BCUT2D eigenvalue weighted by Crippen LogP contribution is -2.27. The number of phenols is 1. The van der Waals surface area contributed by atoms with E-state index >= 15 is 0 Å². The number of phenolic OH excluding ortho intramolecular Hbond substituents is 1. The van der Waals surface area contributed by atoms with Gasteiger partial charge in [0, 0.05) is 0 Å². The number of aromatic hydroxyl groups is 1. The van der Waals surface area contributed by atoms with Gasteiger partial charge in [0.15, 0.2) is 0 Å².